The van der Waals surface area contributed by atoms with E-state index in [0.29, 0.717) is 21.6 Å². The quantitative estimate of drug-likeness (QED) is 0.593. The van der Waals surface area contributed by atoms with Gasteiger partial charge in [0.25, 0.3) is 0 Å². The third kappa shape index (κ3) is 1.12. The SMILES string of the molecule is Cc1ccc2c(c1)C(=O)c1sccc1C2=O. The first-order valence-electron chi connectivity index (χ1n) is 4.96. The van der Waals surface area contributed by atoms with Crippen LogP contribution in [0.3, 0.4) is 0 Å². The smallest absolute Gasteiger partial charge is 0.204 e. The number of thiophene rings is 1. The summed E-state index contributed by atoms with van der Waals surface area (Å²) in [5, 5.41) is 1.79. The van der Waals surface area contributed by atoms with Crippen LogP contribution in [0.15, 0.2) is 29.6 Å². The molecule has 0 amide bonds. The van der Waals surface area contributed by atoms with E-state index in [1.807, 2.05) is 13.0 Å². The highest BCUT2D eigenvalue weighted by atomic mass is 32.1. The van der Waals surface area contributed by atoms with Crippen LogP contribution in [0.25, 0.3) is 0 Å². The third-order valence-corrected chi connectivity index (χ3v) is 3.69. The monoisotopic (exact) mass is 228 g/mol. The van der Waals surface area contributed by atoms with Gasteiger partial charge in [-0.05, 0) is 24.4 Å². The zero-order valence-electron chi connectivity index (χ0n) is 8.61. The Labute approximate surface area is 96.5 Å². The molecule has 78 valence electrons. The average Bonchev–Trinajstić information content (AvgIpc) is 2.75. The lowest BCUT2D eigenvalue weighted by Gasteiger charge is -2.14. The summed E-state index contributed by atoms with van der Waals surface area (Å²) in [6, 6.07) is 7.12. The molecule has 2 aromatic rings. The molecule has 0 radical (unpaired) electrons. The van der Waals surface area contributed by atoms with Gasteiger partial charge < -0.3 is 0 Å². The second-order valence-electron chi connectivity index (χ2n) is 3.87. The largest absolute Gasteiger partial charge is 0.289 e. The molecular weight excluding hydrogens is 220 g/mol. The number of benzene rings is 1. The van der Waals surface area contributed by atoms with Gasteiger partial charge in [-0.2, -0.15) is 0 Å². The molecule has 0 fully saturated rings. The number of fused-ring (bicyclic) bond motifs is 2. The summed E-state index contributed by atoms with van der Waals surface area (Å²) in [6.45, 7) is 1.92. The lowest BCUT2D eigenvalue weighted by atomic mass is 9.88. The molecular formula is C13H8O2S. The van der Waals surface area contributed by atoms with Crippen LogP contribution in [-0.2, 0) is 0 Å². The summed E-state index contributed by atoms with van der Waals surface area (Å²) < 4.78 is 0. The van der Waals surface area contributed by atoms with Gasteiger partial charge in [0.1, 0.15) is 0 Å². The van der Waals surface area contributed by atoms with Crippen molar-refractivity contribution in [2.24, 2.45) is 0 Å². The van der Waals surface area contributed by atoms with Crippen molar-refractivity contribution in [3.05, 3.63) is 56.8 Å². The summed E-state index contributed by atoms with van der Waals surface area (Å²) in [5.41, 5.74) is 2.62. The summed E-state index contributed by atoms with van der Waals surface area (Å²) in [4.78, 5) is 24.8. The molecule has 1 heterocycles. The Hall–Kier alpha value is -1.74. The number of ketones is 2. The molecule has 0 atom stereocenters. The maximum Gasteiger partial charge on any atom is 0.204 e. The molecule has 1 aromatic heterocycles. The van der Waals surface area contributed by atoms with Crippen LogP contribution in [0, 0.1) is 6.92 Å². The van der Waals surface area contributed by atoms with Gasteiger partial charge in [-0.3, -0.25) is 9.59 Å². The van der Waals surface area contributed by atoms with Crippen molar-refractivity contribution in [2.45, 2.75) is 6.92 Å². The number of carbonyl (C=O) groups is 2. The van der Waals surface area contributed by atoms with Crippen molar-refractivity contribution in [3.63, 3.8) is 0 Å². The molecule has 1 aliphatic carbocycles. The van der Waals surface area contributed by atoms with Crippen molar-refractivity contribution < 1.29 is 9.59 Å². The predicted molar refractivity (Wildman–Crippen MR) is 62.4 cm³/mol. The van der Waals surface area contributed by atoms with Gasteiger partial charge in [-0.1, -0.05) is 17.7 Å². The van der Waals surface area contributed by atoms with Gasteiger partial charge in [0.15, 0.2) is 5.78 Å². The standard InChI is InChI=1S/C13H8O2S/c1-7-2-3-8-10(6-7)12(15)13-9(11(8)14)4-5-16-13/h2-6H,1H3. The highest BCUT2D eigenvalue weighted by Crippen LogP contribution is 2.30. The molecule has 0 saturated carbocycles. The molecule has 0 N–H and O–H groups in total. The normalized spacial score (nSPS) is 13.6. The topological polar surface area (TPSA) is 34.1 Å². The van der Waals surface area contributed by atoms with E-state index in [1.54, 1.807) is 23.6 Å². The van der Waals surface area contributed by atoms with Crippen LogP contribution < -0.4 is 0 Å². The number of hydrogen-bond acceptors (Lipinski definition) is 3. The van der Waals surface area contributed by atoms with E-state index in [-0.39, 0.29) is 11.6 Å². The third-order valence-electron chi connectivity index (χ3n) is 2.78. The molecule has 0 bridgehead atoms. The minimum atomic E-state index is -0.0362. The van der Waals surface area contributed by atoms with Crippen LogP contribution in [0.1, 0.15) is 36.7 Å². The Balaban J connectivity index is 2.34. The van der Waals surface area contributed by atoms with E-state index in [9.17, 15) is 9.59 Å². The molecule has 2 nitrogen and oxygen atoms in total. The van der Waals surface area contributed by atoms with Crippen LogP contribution in [0.2, 0.25) is 0 Å². The molecule has 0 unspecified atom stereocenters. The van der Waals surface area contributed by atoms with Gasteiger partial charge in [-0.25, -0.2) is 0 Å². The van der Waals surface area contributed by atoms with E-state index in [2.05, 4.69) is 0 Å². The number of hydrogen-bond donors (Lipinski definition) is 0. The lowest BCUT2D eigenvalue weighted by molar-refractivity contribution is 0.0982. The maximum atomic E-state index is 12.1. The molecule has 3 rings (SSSR count). The summed E-state index contributed by atoms with van der Waals surface area (Å²) in [5.74, 6) is -0.0610. The zero-order chi connectivity index (χ0) is 11.3. The van der Waals surface area contributed by atoms with Crippen molar-refractivity contribution >= 4 is 22.9 Å². The Kier molecular flexibility index (Phi) is 1.85. The highest BCUT2D eigenvalue weighted by Gasteiger charge is 2.30. The van der Waals surface area contributed by atoms with Gasteiger partial charge >= 0.3 is 0 Å². The van der Waals surface area contributed by atoms with E-state index in [0.717, 1.165) is 5.56 Å². The minimum Gasteiger partial charge on any atom is -0.289 e. The number of aryl methyl sites for hydroxylation is 1. The predicted octanol–water partition coefficient (Wildman–Crippen LogP) is 2.83. The summed E-state index contributed by atoms with van der Waals surface area (Å²) >= 11 is 1.34. The molecule has 0 spiro atoms. The lowest BCUT2D eigenvalue weighted by Crippen LogP contribution is -2.18. The first-order valence-corrected chi connectivity index (χ1v) is 5.84. The second kappa shape index (κ2) is 3.12. The van der Waals surface area contributed by atoms with Gasteiger partial charge in [-0.15, -0.1) is 11.3 Å². The van der Waals surface area contributed by atoms with Crippen LogP contribution in [-0.4, -0.2) is 11.6 Å². The molecule has 0 aliphatic heterocycles. The van der Waals surface area contributed by atoms with Crippen molar-refractivity contribution in [1.82, 2.24) is 0 Å². The van der Waals surface area contributed by atoms with Gasteiger partial charge in [0.05, 0.1) is 4.88 Å². The van der Waals surface area contributed by atoms with E-state index >= 15 is 0 Å². The average molecular weight is 228 g/mol. The van der Waals surface area contributed by atoms with Gasteiger partial charge in [0.2, 0.25) is 5.78 Å². The first-order chi connectivity index (χ1) is 7.68. The summed E-state index contributed by atoms with van der Waals surface area (Å²) in [6.07, 6.45) is 0. The fraction of sp³-hybridized carbons (Fsp3) is 0.0769. The zero-order valence-corrected chi connectivity index (χ0v) is 9.43. The number of carbonyl (C=O) groups excluding carboxylic acids is 2. The van der Waals surface area contributed by atoms with Crippen molar-refractivity contribution in [1.29, 1.82) is 0 Å². The van der Waals surface area contributed by atoms with E-state index in [1.165, 1.54) is 11.3 Å². The van der Waals surface area contributed by atoms with Crippen LogP contribution >= 0.6 is 11.3 Å². The molecule has 1 aliphatic rings. The molecule has 3 heteroatoms. The van der Waals surface area contributed by atoms with E-state index in [4.69, 9.17) is 0 Å². The van der Waals surface area contributed by atoms with Gasteiger partial charge in [0, 0.05) is 16.7 Å². The number of rotatable bonds is 0. The minimum absolute atomic E-state index is 0.0247. The van der Waals surface area contributed by atoms with Crippen molar-refractivity contribution in [2.75, 3.05) is 0 Å². The van der Waals surface area contributed by atoms with Crippen molar-refractivity contribution in [3.8, 4) is 0 Å². The fourth-order valence-corrected chi connectivity index (χ4v) is 2.82. The fourth-order valence-electron chi connectivity index (χ4n) is 1.98. The second-order valence-corrected chi connectivity index (χ2v) is 4.79. The Morgan fingerprint density at radius 2 is 1.75 bits per heavy atom. The van der Waals surface area contributed by atoms with Crippen LogP contribution in [0.5, 0.6) is 0 Å². The van der Waals surface area contributed by atoms with Crippen LogP contribution in [0.4, 0.5) is 0 Å². The Morgan fingerprint density at radius 3 is 2.56 bits per heavy atom. The Morgan fingerprint density at radius 1 is 0.938 bits per heavy atom. The summed E-state index contributed by atoms with van der Waals surface area (Å²) in [7, 11) is 0. The molecule has 1 aromatic carbocycles. The molecule has 0 saturated heterocycles. The van der Waals surface area contributed by atoms with E-state index < -0.39 is 0 Å². The first kappa shape index (κ1) is 9.48. The Bertz CT molecular complexity index is 623. The molecule has 16 heavy (non-hydrogen) atoms. The maximum absolute atomic E-state index is 12.1. The highest BCUT2D eigenvalue weighted by molar-refractivity contribution is 7.12.